The number of hydrogen-bond donors (Lipinski definition) is 0. The first-order valence-corrected chi connectivity index (χ1v) is 6.63. The first kappa shape index (κ1) is 13.1. The third-order valence-electron chi connectivity index (χ3n) is 3.78. The van der Waals surface area contributed by atoms with Gasteiger partial charge in [-0.25, -0.2) is 4.39 Å². The molecule has 1 aliphatic heterocycles. The van der Waals surface area contributed by atoms with E-state index in [-0.39, 0.29) is 11.9 Å². The highest BCUT2D eigenvalue weighted by Crippen LogP contribution is 2.46. The monoisotopic (exact) mass is 272 g/mol. The zero-order valence-electron chi connectivity index (χ0n) is 11.8. The highest BCUT2D eigenvalue weighted by Gasteiger charge is 2.38. The molecule has 2 nitrogen and oxygen atoms in total. The molecular formula is C17H17FO2. The van der Waals surface area contributed by atoms with Crippen molar-refractivity contribution in [2.24, 2.45) is 0 Å². The third kappa shape index (κ3) is 2.08. The smallest absolute Gasteiger partial charge is 0.123 e. The van der Waals surface area contributed by atoms with E-state index >= 15 is 0 Å². The molecule has 104 valence electrons. The Morgan fingerprint density at radius 3 is 2.45 bits per heavy atom. The molecule has 20 heavy (non-hydrogen) atoms. The number of hydrogen-bond acceptors (Lipinski definition) is 2. The van der Waals surface area contributed by atoms with E-state index in [0.717, 1.165) is 22.4 Å². The lowest BCUT2D eigenvalue weighted by molar-refractivity contribution is -0.0341. The summed E-state index contributed by atoms with van der Waals surface area (Å²) in [5.41, 5.74) is 2.51. The van der Waals surface area contributed by atoms with E-state index in [9.17, 15) is 4.39 Å². The van der Waals surface area contributed by atoms with Gasteiger partial charge >= 0.3 is 0 Å². The Morgan fingerprint density at radius 1 is 1.10 bits per heavy atom. The number of rotatable bonds is 2. The Balaban J connectivity index is 2.04. The molecule has 0 fully saturated rings. The van der Waals surface area contributed by atoms with E-state index in [2.05, 4.69) is 0 Å². The maximum absolute atomic E-state index is 13.5. The first-order chi connectivity index (χ1) is 9.51. The van der Waals surface area contributed by atoms with E-state index in [4.69, 9.17) is 9.47 Å². The largest absolute Gasteiger partial charge is 0.497 e. The van der Waals surface area contributed by atoms with Crippen LogP contribution in [0.15, 0.2) is 42.5 Å². The van der Waals surface area contributed by atoms with Crippen LogP contribution in [0.25, 0.3) is 0 Å². The molecule has 3 heteroatoms. The molecule has 0 bridgehead atoms. The van der Waals surface area contributed by atoms with Crippen LogP contribution >= 0.6 is 0 Å². The molecule has 2 aromatic carbocycles. The summed E-state index contributed by atoms with van der Waals surface area (Å²) >= 11 is 0. The topological polar surface area (TPSA) is 18.5 Å². The van der Waals surface area contributed by atoms with Gasteiger partial charge in [0, 0.05) is 0 Å². The van der Waals surface area contributed by atoms with Crippen LogP contribution in [0.1, 0.15) is 36.6 Å². The standard InChI is InChI=1S/C17H17FO2/c1-17(2)15-10-12(18)6-9-14(15)16(20-17)11-4-7-13(19-3)8-5-11/h4-10,16H,1-3H3. The Bertz CT molecular complexity index is 632. The molecule has 0 amide bonds. The molecule has 0 saturated carbocycles. The summed E-state index contributed by atoms with van der Waals surface area (Å²) in [5.74, 6) is 0.584. The van der Waals surface area contributed by atoms with Crippen LogP contribution in [0.5, 0.6) is 5.75 Å². The van der Waals surface area contributed by atoms with E-state index in [1.54, 1.807) is 13.2 Å². The zero-order valence-corrected chi connectivity index (χ0v) is 11.8. The summed E-state index contributed by atoms with van der Waals surface area (Å²) in [6.07, 6.45) is -0.161. The molecule has 0 spiro atoms. The fourth-order valence-corrected chi connectivity index (χ4v) is 2.73. The minimum atomic E-state index is -0.484. The Morgan fingerprint density at radius 2 is 1.80 bits per heavy atom. The molecule has 3 rings (SSSR count). The number of methoxy groups -OCH3 is 1. The van der Waals surface area contributed by atoms with Gasteiger partial charge in [-0.1, -0.05) is 18.2 Å². The predicted molar refractivity (Wildman–Crippen MR) is 75.3 cm³/mol. The third-order valence-corrected chi connectivity index (χ3v) is 3.78. The van der Waals surface area contributed by atoms with Crippen molar-refractivity contribution in [2.75, 3.05) is 7.11 Å². The van der Waals surface area contributed by atoms with Gasteiger partial charge < -0.3 is 9.47 Å². The van der Waals surface area contributed by atoms with Gasteiger partial charge in [0.2, 0.25) is 0 Å². The highest BCUT2D eigenvalue weighted by atomic mass is 19.1. The molecule has 1 unspecified atom stereocenters. The predicted octanol–water partition coefficient (Wildman–Crippen LogP) is 4.19. The second-order valence-corrected chi connectivity index (χ2v) is 5.51. The maximum Gasteiger partial charge on any atom is 0.123 e. The van der Waals surface area contributed by atoms with Gasteiger partial charge in [0.1, 0.15) is 17.7 Å². The first-order valence-electron chi connectivity index (χ1n) is 6.63. The number of benzene rings is 2. The molecule has 1 heterocycles. The summed E-state index contributed by atoms with van der Waals surface area (Å²) in [6.45, 7) is 3.93. The number of ether oxygens (including phenoxy) is 2. The van der Waals surface area contributed by atoms with Gasteiger partial charge in [0.15, 0.2) is 0 Å². The van der Waals surface area contributed by atoms with Crippen molar-refractivity contribution in [2.45, 2.75) is 25.6 Å². The van der Waals surface area contributed by atoms with Crippen molar-refractivity contribution in [3.8, 4) is 5.75 Å². The maximum atomic E-state index is 13.5. The molecule has 0 saturated heterocycles. The fourth-order valence-electron chi connectivity index (χ4n) is 2.73. The molecule has 2 aromatic rings. The van der Waals surface area contributed by atoms with Crippen molar-refractivity contribution >= 4 is 0 Å². The molecule has 1 atom stereocenters. The minimum Gasteiger partial charge on any atom is -0.497 e. The average molecular weight is 272 g/mol. The normalized spacial score (nSPS) is 19.7. The summed E-state index contributed by atoms with van der Waals surface area (Å²) < 4.78 is 24.8. The molecule has 0 aliphatic carbocycles. The lowest BCUT2D eigenvalue weighted by Gasteiger charge is -2.20. The van der Waals surface area contributed by atoms with Crippen LogP contribution < -0.4 is 4.74 Å². The van der Waals surface area contributed by atoms with Crippen LogP contribution in [-0.4, -0.2) is 7.11 Å². The van der Waals surface area contributed by atoms with Gasteiger partial charge in [-0.05, 0) is 54.8 Å². The average Bonchev–Trinajstić information content (AvgIpc) is 2.71. The molecular weight excluding hydrogens is 255 g/mol. The van der Waals surface area contributed by atoms with Crippen LogP contribution in [0.4, 0.5) is 4.39 Å². The van der Waals surface area contributed by atoms with Crippen LogP contribution in [-0.2, 0) is 10.3 Å². The van der Waals surface area contributed by atoms with Crippen molar-refractivity contribution < 1.29 is 13.9 Å². The Kier molecular flexibility index (Phi) is 3.02. The molecule has 0 N–H and O–H groups in total. The van der Waals surface area contributed by atoms with Gasteiger partial charge in [-0.3, -0.25) is 0 Å². The second-order valence-electron chi connectivity index (χ2n) is 5.51. The Hall–Kier alpha value is -1.87. The van der Waals surface area contributed by atoms with E-state index < -0.39 is 5.60 Å². The zero-order chi connectivity index (χ0) is 14.3. The van der Waals surface area contributed by atoms with Gasteiger partial charge in [0.25, 0.3) is 0 Å². The quantitative estimate of drug-likeness (QED) is 0.816. The van der Waals surface area contributed by atoms with Gasteiger partial charge in [-0.15, -0.1) is 0 Å². The molecule has 0 radical (unpaired) electrons. The lowest BCUT2D eigenvalue weighted by Crippen LogP contribution is -2.16. The second kappa shape index (κ2) is 4.60. The van der Waals surface area contributed by atoms with Gasteiger partial charge in [-0.2, -0.15) is 0 Å². The number of fused-ring (bicyclic) bond motifs is 1. The fraction of sp³-hybridized carbons (Fsp3) is 0.294. The summed E-state index contributed by atoms with van der Waals surface area (Å²) in [5, 5.41) is 0. The van der Waals surface area contributed by atoms with Crippen LogP contribution in [0.3, 0.4) is 0 Å². The van der Waals surface area contributed by atoms with Crippen LogP contribution in [0.2, 0.25) is 0 Å². The highest BCUT2D eigenvalue weighted by molar-refractivity contribution is 5.44. The molecule has 1 aliphatic rings. The van der Waals surface area contributed by atoms with E-state index in [0.29, 0.717) is 0 Å². The minimum absolute atomic E-state index is 0.161. The SMILES string of the molecule is COc1ccc(C2OC(C)(C)c3cc(F)ccc32)cc1. The summed E-state index contributed by atoms with van der Waals surface area (Å²) in [4.78, 5) is 0. The van der Waals surface area contributed by atoms with E-state index in [1.165, 1.54) is 6.07 Å². The summed E-state index contributed by atoms with van der Waals surface area (Å²) in [6, 6.07) is 12.7. The van der Waals surface area contributed by atoms with Gasteiger partial charge in [0.05, 0.1) is 12.7 Å². The summed E-state index contributed by atoms with van der Waals surface area (Å²) in [7, 11) is 1.64. The van der Waals surface area contributed by atoms with Crippen molar-refractivity contribution in [3.05, 3.63) is 65.0 Å². The van der Waals surface area contributed by atoms with Crippen molar-refractivity contribution in [3.63, 3.8) is 0 Å². The van der Waals surface area contributed by atoms with Crippen molar-refractivity contribution in [1.29, 1.82) is 0 Å². The van der Waals surface area contributed by atoms with Crippen molar-refractivity contribution in [1.82, 2.24) is 0 Å². The number of halogens is 1. The lowest BCUT2D eigenvalue weighted by atomic mass is 9.93. The van der Waals surface area contributed by atoms with E-state index in [1.807, 2.05) is 44.2 Å². The molecule has 0 aromatic heterocycles. The van der Waals surface area contributed by atoms with Crippen LogP contribution in [0, 0.1) is 5.82 Å². The Labute approximate surface area is 118 Å².